The highest BCUT2D eigenvalue weighted by Gasteiger charge is 2.39. The summed E-state index contributed by atoms with van der Waals surface area (Å²) in [6.45, 7) is 3.47. The van der Waals surface area contributed by atoms with Crippen LogP contribution < -0.4 is 0 Å². The van der Waals surface area contributed by atoms with Crippen LogP contribution in [0.4, 0.5) is 0 Å². The summed E-state index contributed by atoms with van der Waals surface area (Å²) in [4.78, 5) is 0. The van der Waals surface area contributed by atoms with Gasteiger partial charge in [-0.25, -0.2) is 0 Å². The van der Waals surface area contributed by atoms with E-state index in [1.165, 1.54) is 0 Å². The summed E-state index contributed by atoms with van der Waals surface area (Å²) in [5.74, 6) is 11.5. The first-order valence-corrected chi connectivity index (χ1v) is 5.91. The van der Waals surface area contributed by atoms with Gasteiger partial charge < -0.3 is 10.2 Å². The Morgan fingerprint density at radius 2 is 1.12 bits per heavy atom. The minimum Gasteiger partial charge on any atom is -0.378 e. The summed E-state index contributed by atoms with van der Waals surface area (Å²) in [5.41, 5.74) is -1.81. The standard InChI is InChI=1S/C14H18O2/c1-13(15,11-5-6-11)9-3-4-10-14(2,16)12-7-8-12/h11-12,15-16H,5-8H2,1-2H3/t13-,14+. The summed E-state index contributed by atoms with van der Waals surface area (Å²) in [7, 11) is 0. The van der Waals surface area contributed by atoms with E-state index in [0.717, 1.165) is 25.7 Å². The first kappa shape index (κ1) is 11.5. The van der Waals surface area contributed by atoms with Crippen LogP contribution in [0.5, 0.6) is 0 Å². The maximum absolute atomic E-state index is 9.90. The van der Waals surface area contributed by atoms with Crippen LogP contribution in [-0.4, -0.2) is 21.4 Å². The van der Waals surface area contributed by atoms with Gasteiger partial charge in [-0.15, -0.1) is 0 Å². The topological polar surface area (TPSA) is 40.5 Å². The molecular formula is C14H18O2. The Labute approximate surface area is 97.1 Å². The van der Waals surface area contributed by atoms with E-state index in [9.17, 15) is 10.2 Å². The molecule has 0 spiro atoms. The minimum absolute atomic E-state index is 0.311. The molecule has 2 aliphatic carbocycles. The van der Waals surface area contributed by atoms with Crippen molar-refractivity contribution in [3.05, 3.63) is 0 Å². The van der Waals surface area contributed by atoms with Gasteiger partial charge in [-0.05, 0) is 63.2 Å². The first-order chi connectivity index (χ1) is 7.42. The molecule has 16 heavy (non-hydrogen) atoms. The van der Waals surface area contributed by atoms with E-state index in [2.05, 4.69) is 23.7 Å². The van der Waals surface area contributed by atoms with Crippen LogP contribution in [0.3, 0.4) is 0 Å². The molecule has 2 aliphatic rings. The Kier molecular flexibility index (Phi) is 2.74. The number of hydrogen-bond acceptors (Lipinski definition) is 2. The molecule has 2 rings (SSSR count). The van der Waals surface area contributed by atoms with Crippen molar-refractivity contribution in [2.45, 2.75) is 50.7 Å². The lowest BCUT2D eigenvalue weighted by molar-refractivity contribution is 0.0971. The average Bonchev–Trinajstić information content (AvgIpc) is 3.06. The molecule has 0 heterocycles. The van der Waals surface area contributed by atoms with Crippen LogP contribution in [0.1, 0.15) is 39.5 Å². The molecule has 0 saturated heterocycles. The summed E-state index contributed by atoms with van der Waals surface area (Å²) < 4.78 is 0. The quantitative estimate of drug-likeness (QED) is 0.686. The van der Waals surface area contributed by atoms with Crippen molar-refractivity contribution in [1.29, 1.82) is 0 Å². The Balaban J connectivity index is 1.95. The minimum atomic E-state index is -0.903. The molecule has 0 bridgehead atoms. The SMILES string of the molecule is C[C@](O)(C#CC#C[C@@](C)(O)C1CC1)C1CC1. The number of rotatable bonds is 2. The van der Waals surface area contributed by atoms with Crippen LogP contribution in [-0.2, 0) is 0 Å². The van der Waals surface area contributed by atoms with Gasteiger partial charge in [0.15, 0.2) is 0 Å². The molecule has 2 fully saturated rings. The second kappa shape index (κ2) is 3.81. The molecule has 0 aliphatic heterocycles. The van der Waals surface area contributed by atoms with E-state index in [0.29, 0.717) is 11.8 Å². The molecule has 2 saturated carbocycles. The lowest BCUT2D eigenvalue weighted by Gasteiger charge is -2.14. The number of hydrogen-bond donors (Lipinski definition) is 2. The van der Waals surface area contributed by atoms with Crippen LogP contribution in [0, 0.1) is 35.5 Å². The van der Waals surface area contributed by atoms with Crippen molar-refractivity contribution in [1.82, 2.24) is 0 Å². The molecule has 0 aromatic heterocycles. The highest BCUT2D eigenvalue weighted by molar-refractivity contribution is 5.34. The Bertz CT molecular complexity index is 350. The molecule has 2 N–H and O–H groups in total. The van der Waals surface area contributed by atoms with Crippen LogP contribution in [0.25, 0.3) is 0 Å². The molecule has 0 unspecified atom stereocenters. The van der Waals surface area contributed by atoms with E-state index in [1.807, 2.05) is 0 Å². The maximum Gasteiger partial charge on any atom is 0.126 e. The van der Waals surface area contributed by atoms with E-state index in [4.69, 9.17) is 0 Å². The molecule has 2 atom stereocenters. The van der Waals surface area contributed by atoms with Gasteiger partial charge in [0.05, 0.1) is 0 Å². The highest BCUT2D eigenvalue weighted by atomic mass is 16.3. The third-order valence-corrected chi connectivity index (χ3v) is 3.44. The fraction of sp³-hybridized carbons (Fsp3) is 0.714. The third kappa shape index (κ3) is 2.79. The zero-order valence-corrected chi connectivity index (χ0v) is 9.88. The van der Waals surface area contributed by atoms with Crippen molar-refractivity contribution >= 4 is 0 Å². The van der Waals surface area contributed by atoms with Crippen LogP contribution in [0.2, 0.25) is 0 Å². The Morgan fingerprint density at radius 1 is 0.812 bits per heavy atom. The predicted molar refractivity (Wildman–Crippen MR) is 62.2 cm³/mol. The predicted octanol–water partition coefficient (Wildman–Crippen LogP) is 1.32. The van der Waals surface area contributed by atoms with Gasteiger partial charge in [0, 0.05) is 0 Å². The molecule has 2 nitrogen and oxygen atoms in total. The summed E-state index contributed by atoms with van der Waals surface area (Å²) in [6.07, 6.45) is 4.20. The van der Waals surface area contributed by atoms with Crippen molar-refractivity contribution in [2.24, 2.45) is 11.8 Å². The van der Waals surface area contributed by atoms with Gasteiger partial charge in [-0.2, -0.15) is 0 Å². The Hall–Kier alpha value is -0.960. The monoisotopic (exact) mass is 218 g/mol. The van der Waals surface area contributed by atoms with Gasteiger partial charge in [0.1, 0.15) is 11.2 Å². The zero-order valence-electron chi connectivity index (χ0n) is 9.88. The zero-order chi connectivity index (χ0) is 11.8. The van der Waals surface area contributed by atoms with E-state index in [-0.39, 0.29) is 0 Å². The molecule has 0 aromatic rings. The van der Waals surface area contributed by atoms with Crippen molar-refractivity contribution in [2.75, 3.05) is 0 Å². The number of aliphatic hydroxyl groups is 2. The fourth-order valence-corrected chi connectivity index (χ4v) is 1.81. The summed E-state index contributed by atoms with van der Waals surface area (Å²) >= 11 is 0. The summed E-state index contributed by atoms with van der Waals surface area (Å²) in [6, 6.07) is 0. The van der Waals surface area contributed by atoms with Crippen molar-refractivity contribution in [3.8, 4) is 23.7 Å². The molecule has 0 radical (unpaired) electrons. The molecular weight excluding hydrogens is 200 g/mol. The maximum atomic E-state index is 9.90. The lowest BCUT2D eigenvalue weighted by Crippen LogP contribution is -2.24. The molecule has 86 valence electrons. The Morgan fingerprint density at radius 3 is 1.38 bits per heavy atom. The van der Waals surface area contributed by atoms with E-state index >= 15 is 0 Å². The second-order valence-corrected chi connectivity index (χ2v) is 5.34. The van der Waals surface area contributed by atoms with Crippen LogP contribution >= 0.6 is 0 Å². The molecule has 0 amide bonds. The van der Waals surface area contributed by atoms with Crippen LogP contribution in [0.15, 0.2) is 0 Å². The van der Waals surface area contributed by atoms with Gasteiger partial charge in [0.2, 0.25) is 0 Å². The lowest BCUT2D eigenvalue weighted by atomic mass is 10.0. The smallest absolute Gasteiger partial charge is 0.126 e. The van der Waals surface area contributed by atoms with Crippen molar-refractivity contribution in [3.63, 3.8) is 0 Å². The third-order valence-electron chi connectivity index (χ3n) is 3.44. The molecule has 0 aromatic carbocycles. The average molecular weight is 218 g/mol. The van der Waals surface area contributed by atoms with Gasteiger partial charge in [0.25, 0.3) is 0 Å². The fourth-order valence-electron chi connectivity index (χ4n) is 1.81. The normalized spacial score (nSPS) is 26.5. The molecule has 2 heteroatoms. The highest BCUT2D eigenvalue weighted by Crippen LogP contribution is 2.39. The van der Waals surface area contributed by atoms with Gasteiger partial charge in [-0.1, -0.05) is 11.8 Å². The first-order valence-electron chi connectivity index (χ1n) is 5.91. The second-order valence-electron chi connectivity index (χ2n) is 5.34. The van der Waals surface area contributed by atoms with E-state index in [1.54, 1.807) is 13.8 Å². The van der Waals surface area contributed by atoms with E-state index < -0.39 is 11.2 Å². The van der Waals surface area contributed by atoms with Gasteiger partial charge >= 0.3 is 0 Å². The largest absolute Gasteiger partial charge is 0.378 e. The summed E-state index contributed by atoms with van der Waals surface area (Å²) in [5, 5.41) is 19.8. The van der Waals surface area contributed by atoms with Gasteiger partial charge in [-0.3, -0.25) is 0 Å². The van der Waals surface area contributed by atoms with Crippen molar-refractivity contribution < 1.29 is 10.2 Å².